The van der Waals surface area contributed by atoms with Crippen molar-refractivity contribution in [2.24, 2.45) is 5.92 Å². The van der Waals surface area contributed by atoms with Crippen LogP contribution in [0.15, 0.2) is 29.2 Å². The fourth-order valence-corrected chi connectivity index (χ4v) is 5.75. The number of hydrogen-bond donors (Lipinski definition) is 0. The fourth-order valence-electron chi connectivity index (χ4n) is 4.34. The summed E-state index contributed by atoms with van der Waals surface area (Å²) in [5, 5.41) is 0. The average molecular weight is 437 g/mol. The Labute approximate surface area is 179 Å². The lowest BCUT2D eigenvalue weighted by molar-refractivity contribution is -0.149. The molecule has 1 aromatic carbocycles. The molecule has 8 heteroatoms. The Morgan fingerprint density at radius 2 is 1.63 bits per heavy atom. The molecule has 1 aromatic rings. The predicted octanol–water partition coefficient (Wildman–Crippen LogP) is 3.06. The van der Waals surface area contributed by atoms with E-state index in [4.69, 9.17) is 4.74 Å². The summed E-state index contributed by atoms with van der Waals surface area (Å²) in [6.45, 7) is 3.13. The van der Waals surface area contributed by atoms with Crippen LogP contribution in [0.1, 0.15) is 62.2 Å². The van der Waals surface area contributed by atoms with E-state index in [1.807, 2.05) is 0 Å². The number of likely N-dealkylation sites (tertiary alicyclic amines) is 1. The minimum absolute atomic E-state index is 0.0470. The van der Waals surface area contributed by atoms with Crippen molar-refractivity contribution in [2.45, 2.75) is 62.8 Å². The van der Waals surface area contributed by atoms with Crippen LogP contribution in [-0.4, -0.2) is 62.3 Å². The molecule has 0 aromatic heterocycles. The Kier molecular flexibility index (Phi) is 7.52. The molecule has 1 heterocycles. The molecule has 3 rings (SSSR count). The van der Waals surface area contributed by atoms with Crippen LogP contribution in [-0.2, 0) is 19.6 Å². The zero-order chi connectivity index (χ0) is 21.7. The van der Waals surface area contributed by atoms with E-state index >= 15 is 0 Å². The van der Waals surface area contributed by atoms with E-state index in [-0.39, 0.29) is 28.7 Å². The van der Waals surface area contributed by atoms with Gasteiger partial charge in [0.25, 0.3) is 5.91 Å². The summed E-state index contributed by atoms with van der Waals surface area (Å²) in [7, 11) is -1.92. The fraction of sp³-hybridized carbons (Fsp3) is 0.636. The summed E-state index contributed by atoms with van der Waals surface area (Å²) in [6, 6.07) is 6.26. The second kappa shape index (κ2) is 9.92. The number of benzene rings is 1. The van der Waals surface area contributed by atoms with E-state index in [0.717, 1.165) is 32.1 Å². The van der Waals surface area contributed by atoms with Gasteiger partial charge in [0.05, 0.1) is 17.4 Å². The normalized spacial score (nSPS) is 19.1. The van der Waals surface area contributed by atoms with Crippen LogP contribution in [0.25, 0.3) is 0 Å². The molecule has 0 bridgehead atoms. The van der Waals surface area contributed by atoms with E-state index in [0.29, 0.717) is 38.1 Å². The standard InChI is InChI=1S/C22H32N2O5S/c1-3-29-22(26)18-13-15-24(16-14-18)21(25)17-9-11-20(12-10-17)30(27,28)23(2)19-7-5-4-6-8-19/h9-12,18-19H,3-8,13-16H2,1-2H3. The number of piperidine rings is 1. The third-order valence-electron chi connectivity index (χ3n) is 6.27. The van der Waals surface area contributed by atoms with E-state index in [9.17, 15) is 18.0 Å². The van der Waals surface area contributed by atoms with Gasteiger partial charge in [-0.05, 0) is 56.9 Å². The molecular weight excluding hydrogens is 404 g/mol. The summed E-state index contributed by atoms with van der Waals surface area (Å²) in [4.78, 5) is 26.6. The number of amides is 1. The molecule has 1 amide bonds. The molecule has 1 saturated heterocycles. The molecule has 1 aliphatic heterocycles. The second-order valence-electron chi connectivity index (χ2n) is 8.16. The predicted molar refractivity (Wildman–Crippen MR) is 114 cm³/mol. The molecule has 2 fully saturated rings. The first-order chi connectivity index (χ1) is 14.3. The Bertz CT molecular complexity index is 839. The summed E-state index contributed by atoms with van der Waals surface area (Å²) >= 11 is 0. The van der Waals surface area contributed by atoms with Gasteiger partial charge >= 0.3 is 5.97 Å². The SMILES string of the molecule is CCOC(=O)C1CCN(C(=O)c2ccc(S(=O)(=O)N(C)C3CCCCC3)cc2)CC1. The third kappa shape index (κ3) is 5.03. The lowest BCUT2D eigenvalue weighted by atomic mass is 9.96. The highest BCUT2D eigenvalue weighted by molar-refractivity contribution is 7.89. The van der Waals surface area contributed by atoms with Gasteiger partial charge in [-0.1, -0.05) is 19.3 Å². The zero-order valence-corrected chi connectivity index (χ0v) is 18.7. The third-order valence-corrected chi connectivity index (χ3v) is 8.19. The molecular formula is C22H32N2O5S. The van der Waals surface area contributed by atoms with Crippen molar-refractivity contribution in [2.75, 3.05) is 26.7 Å². The first-order valence-electron chi connectivity index (χ1n) is 10.9. The number of hydrogen-bond acceptors (Lipinski definition) is 5. The summed E-state index contributed by atoms with van der Waals surface area (Å²) < 4.78 is 32.5. The second-order valence-corrected chi connectivity index (χ2v) is 10.2. The number of carbonyl (C=O) groups excluding carboxylic acids is 2. The van der Waals surface area contributed by atoms with Crippen molar-refractivity contribution >= 4 is 21.9 Å². The van der Waals surface area contributed by atoms with Gasteiger partial charge in [0, 0.05) is 31.7 Å². The summed E-state index contributed by atoms with van der Waals surface area (Å²) in [5.41, 5.74) is 0.462. The number of ether oxygens (including phenoxy) is 1. The molecule has 0 atom stereocenters. The average Bonchev–Trinajstić information content (AvgIpc) is 2.79. The molecule has 0 radical (unpaired) electrons. The van der Waals surface area contributed by atoms with Crippen LogP contribution in [0.4, 0.5) is 0 Å². The maximum Gasteiger partial charge on any atom is 0.309 e. The van der Waals surface area contributed by atoms with Crippen molar-refractivity contribution in [3.8, 4) is 0 Å². The van der Waals surface area contributed by atoms with Crippen LogP contribution in [0.3, 0.4) is 0 Å². The number of rotatable bonds is 6. The van der Waals surface area contributed by atoms with Crippen molar-refractivity contribution in [1.29, 1.82) is 0 Å². The number of esters is 1. The molecule has 30 heavy (non-hydrogen) atoms. The number of carbonyl (C=O) groups is 2. The highest BCUT2D eigenvalue weighted by atomic mass is 32.2. The Morgan fingerprint density at radius 1 is 1.03 bits per heavy atom. The van der Waals surface area contributed by atoms with Gasteiger partial charge < -0.3 is 9.64 Å². The van der Waals surface area contributed by atoms with Gasteiger partial charge in [-0.2, -0.15) is 4.31 Å². The topological polar surface area (TPSA) is 84.0 Å². The van der Waals surface area contributed by atoms with Gasteiger partial charge in [-0.25, -0.2) is 8.42 Å². The lowest BCUT2D eigenvalue weighted by Gasteiger charge is -2.31. The van der Waals surface area contributed by atoms with Gasteiger partial charge in [0.2, 0.25) is 10.0 Å². The first kappa shape index (κ1) is 22.7. The van der Waals surface area contributed by atoms with Crippen LogP contribution in [0.2, 0.25) is 0 Å². The van der Waals surface area contributed by atoms with Crippen LogP contribution in [0, 0.1) is 5.92 Å². The molecule has 1 saturated carbocycles. The summed E-state index contributed by atoms with van der Waals surface area (Å²) in [6.07, 6.45) is 6.25. The largest absolute Gasteiger partial charge is 0.466 e. The molecule has 0 spiro atoms. The summed E-state index contributed by atoms with van der Waals surface area (Å²) in [5.74, 6) is -0.486. The maximum atomic E-state index is 13.0. The Hall–Kier alpha value is -1.93. The monoisotopic (exact) mass is 436 g/mol. The van der Waals surface area contributed by atoms with Gasteiger partial charge in [0.15, 0.2) is 0 Å². The molecule has 1 aliphatic carbocycles. The minimum Gasteiger partial charge on any atom is -0.466 e. The van der Waals surface area contributed by atoms with Gasteiger partial charge in [-0.3, -0.25) is 9.59 Å². The van der Waals surface area contributed by atoms with Crippen LogP contribution >= 0.6 is 0 Å². The molecule has 166 valence electrons. The minimum atomic E-state index is -3.57. The first-order valence-corrected chi connectivity index (χ1v) is 12.3. The zero-order valence-electron chi connectivity index (χ0n) is 17.9. The van der Waals surface area contributed by atoms with Crippen LogP contribution < -0.4 is 0 Å². The van der Waals surface area contributed by atoms with E-state index in [1.54, 1.807) is 31.0 Å². The van der Waals surface area contributed by atoms with Gasteiger partial charge in [-0.15, -0.1) is 0 Å². The maximum absolute atomic E-state index is 13.0. The molecule has 0 unspecified atom stereocenters. The highest BCUT2D eigenvalue weighted by Crippen LogP contribution is 2.27. The van der Waals surface area contributed by atoms with Crippen molar-refractivity contribution in [1.82, 2.24) is 9.21 Å². The molecule has 7 nitrogen and oxygen atoms in total. The highest BCUT2D eigenvalue weighted by Gasteiger charge is 2.31. The van der Waals surface area contributed by atoms with Gasteiger partial charge in [0.1, 0.15) is 0 Å². The quantitative estimate of drug-likeness (QED) is 0.640. The van der Waals surface area contributed by atoms with E-state index in [2.05, 4.69) is 0 Å². The van der Waals surface area contributed by atoms with Crippen molar-refractivity contribution in [3.63, 3.8) is 0 Å². The Morgan fingerprint density at radius 3 is 2.20 bits per heavy atom. The van der Waals surface area contributed by atoms with E-state index < -0.39 is 10.0 Å². The lowest BCUT2D eigenvalue weighted by Crippen LogP contribution is -2.40. The molecule has 2 aliphatic rings. The van der Waals surface area contributed by atoms with E-state index in [1.165, 1.54) is 16.4 Å². The smallest absolute Gasteiger partial charge is 0.309 e. The number of nitrogens with zero attached hydrogens (tertiary/aromatic N) is 2. The van der Waals surface area contributed by atoms with Crippen molar-refractivity contribution in [3.05, 3.63) is 29.8 Å². The Balaban J connectivity index is 1.62. The molecule has 0 N–H and O–H groups in total. The number of sulfonamides is 1. The van der Waals surface area contributed by atoms with Crippen molar-refractivity contribution < 1.29 is 22.7 Å². The van der Waals surface area contributed by atoms with Crippen LogP contribution in [0.5, 0.6) is 0 Å².